The molecule has 0 fully saturated rings. The highest BCUT2D eigenvalue weighted by Gasteiger charge is 2.19. The number of carbonyl (C=O) groups is 1. The third kappa shape index (κ3) is 7.10. The quantitative estimate of drug-likeness (QED) is 0.454. The van der Waals surface area contributed by atoms with E-state index in [0.717, 1.165) is 10.4 Å². The predicted octanol–water partition coefficient (Wildman–Crippen LogP) is 4.71. The van der Waals surface area contributed by atoms with E-state index in [1.165, 1.54) is 23.5 Å². The zero-order chi connectivity index (χ0) is 23.1. The van der Waals surface area contributed by atoms with Crippen LogP contribution in [0.25, 0.3) is 11.3 Å². The van der Waals surface area contributed by atoms with Crippen molar-refractivity contribution in [2.24, 2.45) is 0 Å². The van der Waals surface area contributed by atoms with E-state index >= 15 is 0 Å². The maximum absolute atomic E-state index is 12.3. The van der Waals surface area contributed by atoms with Crippen LogP contribution in [0, 0.1) is 6.92 Å². The molecular formula is C22H22F2N2O4S2. The Hall–Kier alpha value is -2.85. The molecule has 0 aliphatic heterocycles. The van der Waals surface area contributed by atoms with Crippen molar-refractivity contribution in [1.82, 2.24) is 4.98 Å². The first-order valence-corrected chi connectivity index (χ1v) is 12.4. The lowest BCUT2D eigenvalue weighted by Gasteiger charge is -2.05. The zero-order valence-electron chi connectivity index (χ0n) is 17.3. The van der Waals surface area contributed by atoms with E-state index in [9.17, 15) is 22.0 Å². The Balaban J connectivity index is 1.56. The number of amides is 1. The molecule has 32 heavy (non-hydrogen) atoms. The van der Waals surface area contributed by atoms with Crippen molar-refractivity contribution in [3.8, 4) is 17.0 Å². The Morgan fingerprint density at radius 2 is 1.81 bits per heavy atom. The molecule has 0 aliphatic carbocycles. The normalized spacial score (nSPS) is 11.5. The number of carbonyl (C=O) groups excluding carboxylic acids is 1. The fourth-order valence-electron chi connectivity index (χ4n) is 3.08. The van der Waals surface area contributed by atoms with E-state index in [1.807, 2.05) is 30.3 Å². The van der Waals surface area contributed by atoms with E-state index in [2.05, 4.69) is 15.0 Å². The second-order valence-corrected chi connectivity index (χ2v) is 10.4. The second-order valence-electron chi connectivity index (χ2n) is 7.06. The van der Waals surface area contributed by atoms with Crippen molar-refractivity contribution in [3.05, 3.63) is 65.0 Å². The van der Waals surface area contributed by atoms with Crippen LogP contribution in [0.1, 0.15) is 16.9 Å². The van der Waals surface area contributed by atoms with Gasteiger partial charge in [-0.15, -0.1) is 11.3 Å². The summed E-state index contributed by atoms with van der Waals surface area (Å²) in [5, 5.41) is 2.81. The molecule has 0 spiro atoms. The molecule has 0 aliphatic rings. The molecule has 0 saturated heterocycles. The lowest BCUT2D eigenvalue weighted by molar-refractivity contribution is -0.113. The second kappa shape index (κ2) is 10.6. The van der Waals surface area contributed by atoms with Gasteiger partial charge in [-0.1, -0.05) is 30.3 Å². The first-order chi connectivity index (χ1) is 15.2. The van der Waals surface area contributed by atoms with Crippen molar-refractivity contribution in [3.63, 3.8) is 0 Å². The molecule has 3 rings (SSSR count). The van der Waals surface area contributed by atoms with Crippen molar-refractivity contribution in [1.29, 1.82) is 0 Å². The van der Waals surface area contributed by atoms with E-state index in [0.29, 0.717) is 24.1 Å². The van der Waals surface area contributed by atoms with Gasteiger partial charge >= 0.3 is 6.61 Å². The molecule has 6 nitrogen and oxygen atoms in total. The highest BCUT2D eigenvalue weighted by Crippen LogP contribution is 2.31. The van der Waals surface area contributed by atoms with Crippen molar-refractivity contribution in [2.45, 2.75) is 26.4 Å². The van der Waals surface area contributed by atoms with Gasteiger partial charge in [-0.05, 0) is 49.6 Å². The van der Waals surface area contributed by atoms with Crippen LogP contribution in [0.5, 0.6) is 5.75 Å². The Morgan fingerprint density at radius 3 is 2.47 bits per heavy atom. The van der Waals surface area contributed by atoms with Crippen LogP contribution < -0.4 is 10.1 Å². The SMILES string of the molecule is Cc1sc(NC(=O)CS(=O)(=O)CCCc2ccccc2)nc1-c1ccc(OC(F)F)cc1. The minimum absolute atomic E-state index is 0.0302. The molecule has 1 amide bonds. The van der Waals surface area contributed by atoms with Crippen molar-refractivity contribution >= 4 is 32.2 Å². The largest absolute Gasteiger partial charge is 0.435 e. The fraction of sp³-hybridized carbons (Fsp3) is 0.273. The van der Waals surface area contributed by atoms with Gasteiger partial charge in [0.15, 0.2) is 15.0 Å². The third-order valence-corrected chi connectivity index (χ3v) is 7.01. The number of thiazole rings is 1. The average molecular weight is 481 g/mol. The number of aromatic nitrogens is 1. The molecule has 3 aromatic rings. The van der Waals surface area contributed by atoms with Crippen molar-refractivity contribution in [2.75, 3.05) is 16.8 Å². The summed E-state index contributed by atoms with van der Waals surface area (Å²) in [6.07, 6.45) is 1.06. The van der Waals surface area contributed by atoms with Crippen LogP contribution in [0.15, 0.2) is 54.6 Å². The van der Waals surface area contributed by atoms with Crippen molar-refractivity contribution < 1.29 is 26.7 Å². The Morgan fingerprint density at radius 1 is 1.12 bits per heavy atom. The lowest BCUT2D eigenvalue weighted by Crippen LogP contribution is -2.24. The smallest absolute Gasteiger partial charge is 0.387 e. The number of hydrogen-bond acceptors (Lipinski definition) is 6. The van der Waals surface area contributed by atoms with Gasteiger partial charge in [0.1, 0.15) is 11.5 Å². The van der Waals surface area contributed by atoms with E-state index < -0.39 is 28.1 Å². The number of nitrogens with one attached hydrogen (secondary N) is 1. The Kier molecular flexibility index (Phi) is 7.92. The number of anilines is 1. The zero-order valence-corrected chi connectivity index (χ0v) is 18.9. The summed E-state index contributed by atoms with van der Waals surface area (Å²) in [6.45, 7) is -1.11. The van der Waals surface area contributed by atoms with Gasteiger partial charge < -0.3 is 10.1 Å². The van der Waals surface area contributed by atoms with E-state index in [4.69, 9.17) is 0 Å². The molecule has 0 bridgehead atoms. The maximum Gasteiger partial charge on any atom is 0.387 e. The average Bonchev–Trinajstić information content (AvgIpc) is 3.08. The number of nitrogens with zero attached hydrogens (tertiary/aromatic N) is 1. The van der Waals surface area contributed by atoms with E-state index in [-0.39, 0.29) is 16.6 Å². The van der Waals surface area contributed by atoms with Gasteiger partial charge in [0.2, 0.25) is 5.91 Å². The Bertz CT molecular complexity index is 1150. The summed E-state index contributed by atoms with van der Waals surface area (Å²) < 4.78 is 53.4. The van der Waals surface area contributed by atoms with Crippen LogP contribution >= 0.6 is 11.3 Å². The molecule has 1 heterocycles. The molecule has 170 valence electrons. The van der Waals surface area contributed by atoms with Crippen LogP contribution in [0.3, 0.4) is 0 Å². The summed E-state index contributed by atoms with van der Waals surface area (Å²) in [6, 6.07) is 15.5. The van der Waals surface area contributed by atoms with Gasteiger partial charge in [-0.3, -0.25) is 4.79 Å². The molecule has 0 atom stereocenters. The highest BCUT2D eigenvalue weighted by atomic mass is 32.2. The monoisotopic (exact) mass is 480 g/mol. The third-order valence-electron chi connectivity index (χ3n) is 4.51. The van der Waals surface area contributed by atoms with Gasteiger partial charge in [0.25, 0.3) is 0 Å². The molecule has 0 unspecified atom stereocenters. The van der Waals surface area contributed by atoms with Gasteiger partial charge in [-0.2, -0.15) is 8.78 Å². The molecular weight excluding hydrogens is 458 g/mol. The number of aryl methyl sites for hydroxylation is 2. The van der Waals surface area contributed by atoms with Crippen LogP contribution in [-0.2, 0) is 21.1 Å². The summed E-state index contributed by atoms with van der Waals surface area (Å²) in [4.78, 5) is 17.4. The molecule has 0 saturated carbocycles. The summed E-state index contributed by atoms with van der Waals surface area (Å²) >= 11 is 1.20. The van der Waals surface area contributed by atoms with Crippen LogP contribution in [-0.4, -0.2) is 37.4 Å². The first kappa shape index (κ1) is 23.8. The minimum atomic E-state index is -3.55. The number of ether oxygens (including phenoxy) is 1. The number of alkyl halides is 2. The van der Waals surface area contributed by atoms with E-state index in [1.54, 1.807) is 19.1 Å². The van der Waals surface area contributed by atoms with Gasteiger partial charge in [0, 0.05) is 10.4 Å². The predicted molar refractivity (Wildman–Crippen MR) is 121 cm³/mol. The number of halogens is 2. The van der Waals surface area contributed by atoms with Crippen LogP contribution in [0.4, 0.5) is 13.9 Å². The lowest BCUT2D eigenvalue weighted by atomic mass is 10.1. The molecule has 1 aromatic heterocycles. The molecule has 0 radical (unpaired) electrons. The standard InChI is InChI=1S/C22H22F2N2O4S2/c1-15-20(17-9-11-18(12-10-17)30-21(23)24)26-22(31-15)25-19(27)14-32(28,29)13-5-8-16-6-3-2-4-7-16/h2-4,6-7,9-12,21H,5,8,13-14H2,1H3,(H,25,26,27). The number of sulfone groups is 1. The van der Waals surface area contributed by atoms with Gasteiger partial charge in [0.05, 0.1) is 11.4 Å². The molecule has 1 N–H and O–H groups in total. The first-order valence-electron chi connectivity index (χ1n) is 9.79. The number of hydrogen-bond donors (Lipinski definition) is 1. The topological polar surface area (TPSA) is 85.4 Å². The summed E-state index contributed by atoms with van der Waals surface area (Å²) in [5.74, 6) is -1.31. The molecule has 10 heteroatoms. The van der Waals surface area contributed by atoms with Gasteiger partial charge in [-0.25, -0.2) is 13.4 Å². The Labute approximate surface area is 189 Å². The molecule has 2 aromatic carbocycles. The summed E-state index contributed by atoms with van der Waals surface area (Å²) in [7, 11) is -3.55. The minimum Gasteiger partial charge on any atom is -0.435 e. The maximum atomic E-state index is 12.3. The van der Waals surface area contributed by atoms with Crippen LogP contribution in [0.2, 0.25) is 0 Å². The number of benzene rings is 2. The fourth-order valence-corrected chi connectivity index (χ4v) is 5.13. The summed E-state index contributed by atoms with van der Waals surface area (Å²) in [5.41, 5.74) is 2.28. The number of rotatable bonds is 10. The highest BCUT2D eigenvalue weighted by molar-refractivity contribution is 7.92.